The van der Waals surface area contributed by atoms with Crippen molar-refractivity contribution in [3.8, 4) is 5.75 Å². The summed E-state index contributed by atoms with van der Waals surface area (Å²) in [4.78, 5) is 40.1. The molecule has 2 aliphatic heterocycles. The van der Waals surface area contributed by atoms with E-state index in [0.717, 1.165) is 25.3 Å². The van der Waals surface area contributed by atoms with Gasteiger partial charge in [-0.05, 0) is 18.9 Å². The zero-order chi connectivity index (χ0) is 22.6. The summed E-state index contributed by atoms with van der Waals surface area (Å²) in [5.74, 6) is -3.47. The molecular weight excluding hydrogens is 424 g/mol. The van der Waals surface area contributed by atoms with Crippen LogP contribution in [0.2, 0.25) is 0 Å². The monoisotopic (exact) mass is 445 g/mol. The normalized spacial score (nSPS) is 24.0. The molecule has 10 heteroatoms. The number of nitrogens with zero attached hydrogens (tertiary/aromatic N) is 2. The maximum atomic E-state index is 13.8. The average molecular weight is 445 g/mol. The predicted octanol–water partition coefficient (Wildman–Crippen LogP) is 1.74. The van der Waals surface area contributed by atoms with Crippen LogP contribution in [0.1, 0.15) is 45.7 Å². The van der Waals surface area contributed by atoms with Crippen molar-refractivity contribution in [1.82, 2.24) is 14.8 Å². The minimum absolute atomic E-state index is 0.0121. The average Bonchev–Trinajstić information content (AvgIpc) is 3.24. The van der Waals surface area contributed by atoms with E-state index in [-0.39, 0.29) is 41.9 Å². The number of benzene rings is 1. The first-order chi connectivity index (χ1) is 15.3. The summed E-state index contributed by atoms with van der Waals surface area (Å²) in [6.07, 6.45) is 3.48. The molecule has 1 aromatic heterocycles. The molecular formula is C22H21F2N3O5. The number of carbonyl (C=O) groups is 2. The zero-order valence-electron chi connectivity index (χ0n) is 17.0. The molecule has 8 nitrogen and oxygen atoms in total. The first-order valence-corrected chi connectivity index (χ1v) is 10.5. The molecule has 0 radical (unpaired) electrons. The number of nitrogens with one attached hydrogen (secondary N) is 1. The molecule has 3 heterocycles. The topological polar surface area (TPSA) is 101 Å². The molecule has 2 fully saturated rings. The Hall–Kier alpha value is -3.27. The van der Waals surface area contributed by atoms with Gasteiger partial charge in [-0.3, -0.25) is 14.4 Å². The lowest BCUT2D eigenvalue weighted by Gasteiger charge is -2.46. The molecule has 0 bridgehead atoms. The molecule has 0 spiro atoms. The smallest absolute Gasteiger partial charge is 0.276 e. The molecule has 5 rings (SSSR count). The minimum Gasteiger partial charge on any atom is -0.503 e. The molecule has 1 saturated carbocycles. The van der Waals surface area contributed by atoms with Crippen LogP contribution in [-0.4, -0.2) is 45.3 Å². The maximum absolute atomic E-state index is 13.8. The van der Waals surface area contributed by atoms with E-state index in [1.165, 1.54) is 16.8 Å². The van der Waals surface area contributed by atoms with Crippen molar-refractivity contribution < 1.29 is 28.2 Å². The third-order valence-corrected chi connectivity index (χ3v) is 6.53. The summed E-state index contributed by atoms with van der Waals surface area (Å²) < 4.78 is 34.1. The lowest BCUT2D eigenvalue weighted by molar-refractivity contribution is -0.134. The summed E-state index contributed by atoms with van der Waals surface area (Å²) in [6.45, 7) is 0.427. The highest BCUT2D eigenvalue weighted by atomic mass is 19.1. The van der Waals surface area contributed by atoms with Crippen molar-refractivity contribution in [3.63, 3.8) is 0 Å². The number of hydrogen-bond donors (Lipinski definition) is 2. The van der Waals surface area contributed by atoms with Gasteiger partial charge >= 0.3 is 0 Å². The molecule has 1 saturated heterocycles. The van der Waals surface area contributed by atoms with Crippen LogP contribution in [-0.2, 0) is 17.8 Å². The summed E-state index contributed by atoms with van der Waals surface area (Å²) in [5, 5.41) is 12.9. The Labute approximate surface area is 181 Å². The number of pyridine rings is 1. The molecule has 2 N–H and O–H groups in total. The molecule has 2 amide bonds. The molecule has 1 aliphatic carbocycles. The van der Waals surface area contributed by atoms with Crippen LogP contribution in [0.25, 0.3) is 0 Å². The molecule has 0 unspecified atom stereocenters. The largest absolute Gasteiger partial charge is 0.503 e. The van der Waals surface area contributed by atoms with Gasteiger partial charge in [-0.2, -0.15) is 0 Å². The Morgan fingerprint density at radius 2 is 2.06 bits per heavy atom. The lowest BCUT2D eigenvalue weighted by Crippen LogP contribution is -2.59. The third kappa shape index (κ3) is 3.26. The van der Waals surface area contributed by atoms with E-state index in [0.29, 0.717) is 12.7 Å². The van der Waals surface area contributed by atoms with E-state index < -0.39 is 40.9 Å². The molecule has 1 aromatic carbocycles. The quantitative estimate of drug-likeness (QED) is 0.750. The number of aromatic hydroxyl groups is 1. The number of carbonyl (C=O) groups excluding carboxylic acids is 2. The van der Waals surface area contributed by atoms with E-state index in [2.05, 4.69) is 5.32 Å². The Balaban J connectivity index is 1.43. The summed E-state index contributed by atoms with van der Waals surface area (Å²) in [5.41, 5.74) is -1.50. The highest BCUT2D eigenvalue weighted by Gasteiger charge is 2.47. The van der Waals surface area contributed by atoms with Gasteiger partial charge in [0.2, 0.25) is 5.43 Å². The van der Waals surface area contributed by atoms with Gasteiger partial charge < -0.3 is 24.6 Å². The van der Waals surface area contributed by atoms with Crippen LogP contribution >= 0.6 is 0 Å². The van der Waals surface area contributed by atoms with Crippen molar-refractivity contribution in [2.24, 2.45) is 5.92 Å². The van der Waals surface area contributed by atoms with Crippen molar-refractivity contribution in [1.29, 1.82) is 0 Å². The van der Waals surface area contributed by atoms with E-state index in [1.807, 2.05) is 0 Å². The summed E-state index contributed by atoms with van der Waals surface area (Å²) >= 11 is 0. The molecule has 168 valence electrons. The fourth-order valence-electron chi connectivity index (χ4n) is 4.93. The Bertz CT molecular complexity index is 1180. The second-order valence-corrected chi connectivity index (χ2v) is 8.40. The Morgan fingerprint density at radius 3 is 2.84 bits per heavy atom. The molecule has 2 aromatic rings. The summed E-state index contributed by atoms with van der Waals surface area (Å²) in [6, 6.07) is 2.95. The number of fused-ring (bicyclic) bond motifs is 4. The second kappa shape index (κ2) is 7.70. The van der Waals surface area contributed by atoms with Crippen LogP contribution in [0, 0.1) is 17.6 Å². The lowest BCUT2D eigenvalue weighted by atomic mass is 9.98. The number of rotatable bonds is 3. The van der Waals surface area contributed by atoms with Gasteiger partial charge in [0.05, 0.1) is 13.2 Å². The zero-order valence-corrected chi connectivity index (χ0v) is 17.0. The predicted molar refractivity (Wildman–Crippen MR) is 107 cm³/mol. The van der Waals surface area contributed by atoms with Gasteiger partial charge in [0, 0.05) is 36.3 Å². The second-order valence-electron chi connectivity index (χ2n) is 8.40. The summed E-state index contributed by atoms with van der Waals surface area (Å²) in [7, 11) is 0. The van der Waals surface area contributed by atoms with Gasteiger partial charge in [0.15, 0.2) is 17.7 Å². The van der Waals surface area contributed by atoms with E-state index in [1.54, 1.807) is 4.90 Å². The highest BCUT2D eigenvalue weighted by Crippen LogP contribution is 2.39. The fourth-order valence-corrected chi connectivity index (χ4v) is 4.93. The standard InChI is InChI=1S/C22H21F2N3O5/c23-13-5-4-11(15(24)6-13)7-25-21(30)14-8-26-9-17-27(16-3-1-2-12(16)10-32-17)22(31)18(26)20(29)19(14)28/h4-6,8,12,16-17,29H,1-3,7,9-10H2,(H,25,30)/t12-,16-,17+/m0/s1. The minimum atomic E-state index is -0.985. The van der Waals surface area contributed by atoms with E-state index in [4.69, 9.17) is 4.74 Å². The van der Waals surface area contributed by atoms with Crippen LogP contribution in [0.15, 0.2) is 29.2 Å². The maximum Gasteiger partial charge on any atom is 0.276 e. The van der Waals surface area contributed by atoms with Crippen LogP contribution in [0.5, 0.6) is 5.75 Å². The van der Waals surface area contributed by atoms with Crippen molar-refractivity contribution in [3.05, 3.63) is 63.1 Å². The van der Waals surface area contributed by atoms with Crippen molar-refractivity contribution in [2.45, 2.75) is 44.6 Å². The first kappa shape index (κ1) is 20.6. The number of hydrogen-bond acceptors (Lipinski definition) is 5. The number of amides is 2. The number of ether oxygens (including phenoxy) is 1. The van der Waals surface area contributed by atoms with Crippen LogP contribution in [0.4, 0.5) is 8.78 Å². The number of aromatic nitrogens is 1. The SMILES string of the molecule is O=C(NCc1ccc(F)cc1F)c1cn2c(c(O)c1=O)C(=O)N1[C@@H](C2)OC[C@@H]2CCC[C@@H]21. The Morgan fingerprint density at radius 1 is 1.25 bits per heavy atom. The van der Waals surface area contributed by atoms with Crippen LogP contribution < -0.4 is 10.7 Å². The van der Waals surface area contributed by atoms with Gasteiger partial charge in [0.25, 0.3) is 11.8 Å². The van der Waals surface area contributed by atoms with E-state index in [9.17, 15) is 28.3 Å². The number of halogens is 2. The van der Waals surface area contributed by atoms with Crippen molar-refractivity contribution in [2.75, 3.05) is 6.61 Å². The van der Waals surface area contributed by atoms with Crippen molar-refractivity contribution >= 4 is 11.8 Å². The fraction of sp³-hybridized carbons (Fsp3) is 0.409. The molecule has 32 heavy (non-hydrogen) atoms. The van der Waals surface area contributed by atoms with Gasteiger partial charge in [-0.25, -0.2) is 8.78 Å². The third-order valence-electron chi connectivity index (χ3n) is 6.53. The van der Waals surface area contributed by atoms with E-state index >= 15 is 0 Å². The first-order valence-electron chi connectivity index (χ1n) is 10.5. The molecule has 3 atom stereocenters. The highest BCUT2D eigenvalue weighted by molar-refractivity contribution is 5.99. The van der Waals surface area contributed by atoms with Gasteiger partial charge in [-0.1, -0.05) is 12.5 Å². The van der Waals surface area contributed by atoms with Gasteiger partial charge in [-0.15, -0.1) is 0 Å². The van der Waals surface area contributed by atoms with Crippen LogP contribution in [0.3, 0.4) is 0 Å². The van der Waals surface area contributed by atoms with Gasteiger partial charge in [0.1, 0.15) is 17.2 Å². The Kier molecular flexibility index (Phi) is 4.96. The molecule has 3 aliphatic rings.